The first-order valence-electron chi connectivity index (χ1n) is 5.79. The van der Waals surface area contributed by atoms with Gasteiger partial charge < -0.3 is 5.11 Å². The number of nitrogens with zero attached hydrogens (tertiary/aromatic N) is 1. The normalized spacial score (nSPS) is 11.1. The molecule has 6 nitrogen and oxygen atoms in total. The molecule has 0 aliphatic heterocycles. The summed E-state index contributed by atoms with van der Waals surface area (Å²) in [6.07, 6.45) is 0. The molecule has 0 fully saturated rings. The molecule has 0 radical (unpaired) electrons. The second-order valence-corrected chi connectivity index (χ2v) is 5.90. The zero-order chi connectivity index (χ0) is 15.6. The molecule has 0 spiro atoms. The monoisotopic (exact) mass is 310 g/mol. The maximum atomic E-state index is 13.3. The van der Waals surface area contributed by atoms with Crippen LogP contribution in [0.15, 0.2) is 41.3 Å². The Hall–Kier alpha value is -2.48. The van der Waals surface area contributed by atoms with Crippen LogP contribution in [0.2, 0.25) is 0 Å². The highest BCUT2D eigenvalue weighted by Gasteiger charge is 2.19. The van der Waals surface area contributed by atoms with Crippen LogP contribution in [0.4, 0.5) is 10.2 Å². The number of nitrogens with one attached hydrogen (secondary N) is 1. The number of sulfonamides is 1. The molecule has 0 atom stereocenters. The standard InChI is InChI=1S/C13H11FN2O4S/c1-8-3-2-4-12(15-8)16-21(19,20)9-5-6-11(14)10(7-9)13(17)18/h2-7H,1H3,(H,15,16)(H,17,18). The first-order valence-corrected chi connectivity index (χ1v) is 7.27. The maximum Gasteiger partial charge on any atom is 0.338 e. The number of aromatic nitrogens is 1. The number of benzene rings is 1. The van der Waals surface area contributed by atoms with E-state index in [0.717, 1.165) is 18.2 Å². The van der Waals surface area contributed by atoms with Crippen LogP contribution in [0, 0.1) is 12.7 Å². The van der Waals surface area contributed by atoms with Crippen LogP contribution in [0.3, 0.4) is 0 Å². The Labute approximate surface area is 120 Å². The topological polar surface area (TPSA) is 96.4 Å². The smallest absolute Gasteiger partial charge is 0.338 e. The minimum atomic E-state index is -4.05. The molecule has 1 aromatic heterocycles. The Balaban J connectivity index is 2.40. The van der Waals surface area contributed by atoms with Crippen molar-refractivity contribution in [2.45, 2.75) is 11.8 Å². The minimum Gasteiger partial charge on any atom is -0.478 e. The maximum absolute atomic E-state index is 13.3. The van der Waals surface area contributed by atoms with Crippen molar-refractivity contribution in [1.82, 2.24) is 4.98 Å². The third-order valence-corrected chi connectivity index (χ3v) is 3.96. The molecule has 0 amide bonds. The molecule has 2 rings (SSSR count). The molecule has 2 N–H and O–H groups in total. The van der Waals surface area contributed by atoms with E-state index in [1.165, 1.54) is 6.07 Å². The van der Waals surface area contributed by atoms with Gasteiger partial charge in [0, 0.05) is 5.69 Å². The molecule has 1 heterocycles. The average Bonchev–Trinajstić information content (AvgIpc) is 2.38. The SMILES string of the molecule is Cc1cccc(NS(=O)(=O)c2ccc(F)c(C(=O)O)c2)n1. The van der Waals surface area contributed by atoms with E-state index in [-0.39, 0.29) is 10.7 Å². The van der Waals surface area contributed by atoms with E-state index in [9.17, 15) is 17.6 Å². The largest absolute Gasteiger partial charge is 0.478 e. The van der Waals surface area contributed by atoms with Gasteiger partial charge in [-0.15, -0.1) is 0 Å². The van der Waals surface area contributed by atoms with Crippen molar-refractivity contribution in [3.8, 4) is 0 Å². The van der Waals surface area contributed by atoms with Crippen molar-refractivity contribution >= 4 is 21.8 Å². The molecule has 110 valence electrons. The fourth-order valence-electron chi connectivity index (χ4n) is 1.63. The van der Waals surface area contributed by atoms with Gasteiger partial charge in [-0.2, -0.15) is 0 Å². The summed E-state index contributed by atoms with van der Waals surface area (Å²) in [4.78, 5) is 14.5. The van der Waals surface area contributed by atoms with Crippen molar-refractivity contribution in [1.29, 1.82) is 0 Å². The molecular formula is C13H11FN2O4S. The van der Waals surface area contributed by atoms with Gasteiger partial charge in [0.15, 0.2) is 0 Å². The third-order valence-electron chi connectivity index (χ3n) is 2.61. The molecular weight excluding hydrogens is 299 g/mol. The number of carboxylic acid groups (broad SMARTS) is 1. The Morgan fingerprint density at radius 1 is 1.29 bits per heavy atom. The lowest BCUT2D eigenvalue weighted by Crippen LogP contribution is -2.15. The highest BCUT2D eigenvalue weighted by molar-refractivity contribution is 7.92. The van der Waals surface area contributed by atoms with Crippen molar-refractivity contribution in [2.24, 2.45) is 0 Å². The molecule has 1 aromatic carbocycles. The number of hydrogen-bond donors (Lipinski definition) is 2. The summed E-state index contributed by atoms with van der Waals surface area (Å²) in [6.45, 7) is 1.69. The summed E-state index contributed by atoms with van der Waals surface area (Å²) < 4.78 is 39.8. The Bertz CT molecular complexity index is 806. The van der Waals surface area contributed by atoms with Crippen LogP contribution in [-0.2, 0) is 10.0 Å². The fourth-order valence-corrected chi connectivity index (χ4v) is 2.66. The van der Waals surface area contributed by atoms with Gasteiger partial charge in [0.1, 0.15) is 11.6 Å². The van der Waals surface area contributed by atoms with E-state index in [4.69, 9.17) is 5.11 Å². The third kappa shape index (κ3) is 3.34. The first-order chi connectivity index (χ1) is 9.79. The van der Waals surface area contributed by atoms with Gasteiger partial charge in [-0.25, -0.2) is 22.6 Å². The first kappa shape index (κ1) is 14.9. The molecule has 21 heavy (non-hydrogen) atoms. The highest BCUT2D eigenvalue weighted by Crippen LogP contribution is 2.18. The second kappa shape index (κ2) is 5.49. The molecule has 0 aliphatic rings. The van der Waals surface area contributed by atoms with Gasteiger partial charge in [-0.05, 0) is 37.3 Å². The second-order valence-electron chi connectivity index (χ2n) is 4.22. The van der Waals surface area contributed by atoms with Gasteiger partial charge >= 0.3 is 5.97 Å². The lowest BCUT2D eigenvalue weighted by Gasteiger charge is -2.08. The lowest BCUT2D eigenvalue weighted by atomic mass is 10.2. The van der Waals surface area contributed by atoms with Crippen molar-refractivity contribution < 1.29 is 22.7 Å². The Morgan fingerprint density at radius 3 is 2.62 bits per heavy atom. The van der Waals surface area contributed by atoms with Crippen LogP contribution >= 0.6 is 0 Å². The molecule has 0 unspecified atom stereocenters. The molecule has 8 heteroatoms. The quantitative estimate of drug-likeness (QED) is 0.900. The van der Waals surface area contributed by atoms with E-state index >= 15 is 0 Å². The van der Waals surface area contributed by atoms with Crippen LogP contribution in [0.25, 0.3) is 0 Å². The van der Waals surface area contributed by atoms with Crippen molar-refractivity contribution in [3.63, 3.8) is 0 Å². The van der Waals surface area contributed by atoms with Crippen LogP contribution in [0.5, 0.6) is 0 Å². The summed E-state index contributed by atoms with van der Waals surface area (Å²) in [6, 6.07) is 7.30. The molecule has 0 aliphatic carbocycles. The van der Waals surface area contributed by atoms with E-state index in [0.29, 0.717) is 5.69 Å². The van der Waals surface area contributed by atoms with Gasteiger partial charge in [0.25, 0.3) is 10.0 Å². The lowest BCUT2D eigenvalue weighted by molar-refractivity contribution is 0.0691. The molecule has 0 bridgehead atoms. The summed E-state index contributed by atoms with van der Waals surface area (Å²) >= 11 is 0. The number of carbonyl (C=O) groups is 1. The minimum absolute atomic E-state index is 0.0937. The number of halogens is 1. The van der Waals surface area contributed by atoms with Crippen LogP contribution in [0.1, 0.15) is 16.1 Å². The molecule has 0 saturated carbocycles. The zero-order valence-corrected chi connectivity index (χ0v) is 11.7. The van der Waals surface area contributed by atoms with Crippen molar-refractivity contribution in [3.05, 3.63) is 53.5 Å². The Morgan fingerprint density at radius 2 is 2.00 bits per heavy atom. The van der Waals surface area contributed by atoms with Gasteiger partial charge in [0.2, 0.25) is 0 Å². The van der Waals surface area contributed by atoms with Gasteiger partial charge in [0.05, 0.1) is 10.5 Å². The summed E-state index contributed by atoms with van der Waals surface area (Å²) in [5, 5.41) is 8.81. The predicted molar refractivity (Wildman–Crippen MR) is 73.1 cm³/mol. The number of pyridine rings is 1. The number of rotatable bonds is 4. The average molecular weight is 310 g/mol. The molecule has 2 aromatic rings. The van der Waals surface area contributed by atoms with E-state index in [1.807, 2.05) is 0 Å². The number of hydrogen-bond acceptors (Lipinski definition) is 4. The van der Waals surface area contributed by atoms with E-state index in [1.54, 1.807) is 19.1 Å². The summed E-state index contributed by atoms with van der Waals surface area (Å²) in [5.74, 6) is -2.45. The number of anilines is 1. The van der Waals surface area contributed by atoms with Crippen LogP contribution < -0.4 is 4.72 Å². The Kier molecular flexibility index (Phi) is 3.90. The fraction of sp³-hybridized carbons (Fsp3) is 0.0769. The molecule has 0 saturated heterocycles. The highest BCUT2D eigenvalue weighted by atomic mass is 32.2. The van der Waals surface area contributed by atoms with Crippen molar-refractivity contribution in [2.75, 3.05) is 4.72 Å². The van der Waals surface area contributed by atoms with E-state index < -0.39 is 27.4 Å². The van der Waals surface area contributed by atoms with Gasteiger partial charge in [-0.3, -0.25) is 4.72 Å². The van der Waals surface area contributed by atoms with Crippen LogP contribution in [-0.4, -0.2) is 24.5 Å². The van der Waals surface area contributed by atoms with Gasteiger partial charge in [-0.1, -0.05) is 6.07 Å². The summed E-state index contributed by atoms with van der Waals surface area (Å²) in [5.41, 5.74) is -0.101. The number of aromatic carboxylic acids is 1. The van der Waals surface area contributed by atoms with E-state index in [2.05, 4.69) is 9.71 Å². The number of carboxylic acids is 1. The predicted octanol–water partition coefficient (Wildman–Crippen LogP) is 2.03. The zero-order valence-electron chi connectivity index (χ0n) is 10.9. The number of aryl methyl sites for hydroxylation is 1. The summed E-state index contributed by atoms with van der Waals surface area (Å²) in [7, 11) is -4.05.